The van der Waals surface area contributed by atoms with Gasteiger partial charge < -0.3 is 15.2 Å². The number of nitrogens with zero attached hydrogens (tertiary/aromatic N) is 4. The Kier molecular flexibility index (Phi) is 3.40. The molecule has 104 valence electrons. The van der Waals surface area contributed by atoms with Crippen LogP contribution in [0.2, 0.25) is 0 Å². The van der Waals surface area contributed by atoms with Crippen LogP contribution in [0.4, 0.5) is 0 Å². The molecule has 1 aromatic rings. The number of hydrogen-bond donors (Lipinski definition) is 1. The topological polar surface area (TPSA) is 80.5 Å². The molecule has 6 heteroatoms. The molecule has 0 radical (unpaired) electrons. The smallest absolute Gasteiger partial charge is 0.229 e. The van der Waals surface area contributed by atoms with Gasteiger partial charge in [0.05, 0.1) is 0 Å². The summed E-state index contributed by atoms with van der Waals surface area (Å²) in [4.78, 5) is 10.9. The fourth-order valence-electron chi connectivity index (χ4n) is 2.48. The van der Waals surface area contributed by atoms with Crippen LogP contribution in [0.3, 0.4) is 0 Å². The van der Waals surface area contributed by atoms with Crippen LogP contribution in [0.25, 0.3) is 0 Å². The summed E-state index contributed by atoms with van der Waals surface area (Å²) < 4.78 is 5.20. The van der Waals surface area contributed by atoms with Gasteiger partial charge in [-0.2, -0.15) is 4.98 Å². The molecule has 1 unspecified atom stereocenters. The highest BCUT2D eigenvalue weighted by molar-refractivity contribution is 5.78. The molecule has 1 aromatic heterocycles. The molecular weight excluding hydrogens is 242 g/mol. The lowest BCUT2D eigenvalue weighted by Crippen LogP contribution is -2.43. The van der Waals surface area contributed by atoms with Crippen molar-refractivity contribution in [1.29, 1.82) is 0 Å². The van der Waals surface area contributed by atoms with Gasteiger partial charge >= 0.3 is 0 Å². The quantitative estimate of drug-likeness (QED) is 0.660. The van der Waals surface area contributed by atoms with Crippen molar-refractivity contribution in [1.82, 2.24) is 15.0 Å². The van der Waals surface area contributed by atoms with E-state index in [1.54, 1.807) is 0 Å². The molecule has 1 saturated carbocycles. The van der Waals surface area contributed by atoms with Crippen molar-refractivity contribution in [2.24, 2.45) is 16.6 Å². The molecule has 0 amide bonds. The first kappa shape index (κ1) is 12.4. The Morgan fingerprint density at radius 1 is 1.47 bits per heavy atom. The van der Waals surface area contributed by atoms with E-state index in [4.69, 9.17) is 10.3 Å². The van der Waals surface area contributed by atoms with Crippen molar-refractivity contribution >= 4 is 5.96 Å². The van der Waals surface area contributed by atoms with Crippen LogP contribution in [0.1, 0.15) is 50.2 Å². The molecular formula is C13H21N5O. The largest absolute Gasteiger partial charge is 0.370 e. The van der Waals surface area contributed by atoms with E-state index >= 15 is 0 Å². The van der Waals surface area contributed by atoms with E-state index in [1.807, 2.05) is 0 Å². The number of nitrogens with two attached hydrogens (primary N) is 1. The zero-order valence-corrected chi connectivity index (χ0v) is 11.4. The molecule has 2 N–H and O–H groups in total. The summed E-state index contributed by atoms with van der Waals surface area (Å²) in [6.45, 7) is 4.65. The zero-order chi connectivity index (χ0) is 13.2. The molecule has 2 fully saturated rings. The van der Waals surface area contributed by atoms with Gasteiger partial charge in [-0.15, -0.1) is 0 Å². The van der Waals surface area contributed by atoms with Crippen molar-refractivity contribution < 1.29 is 4.52 Å². The van der Waals surface area contributed by atoms with Gasteiger partial charge in [0.15, 0.2) is 11.8 Å². The van der Waals surface area contributed by atoms with Crippen LogP contribution in [0.15, 0.2) is 9.52 Å². The van der Waals surface area contributed by atoms with Gasteiger partial charge in [0.2, 0.25) is 5.89 Å². The lowest BCUT2D eigenvalue weighted by Gasteiger charge is -2.31. The van der Waals surface area contributed by atoms with Crippen LogP contribution >= 0.6 is 0 Å². The second-order valence-electron chi connectivity index (χ2n) is 5.69. The number of aliphatic imine (C=N–C) groups is 1. The summed E-state index contributed by atoms with van der Waals surface area (Å²) in [6, 6.07) is 0. The average Bonchev–Trinajstić information content (AvgIpc) is 3.15. The van der Waals surface area contributed by atoms with E-state index in [9.17, 15) is 0 Å². The van der Waals surface area contributed by atoms with Gasteiger partial charge in [0.1, 0.15) is 6.54 Å². The van der Waals surface area contributed by atoms with Gasteiger partial charge in [-0.3, -0.25) is 0 Å². The first-order valence-corrected chi connectivity index (χ1v) is 7.09. The van der Waals surface area contributed by atoms with Crippen molar-refractivity contribution in [3.8, 4) is 0 Å². The maximum absolute atomic E-state index is 6.03. The van der Waals surface area contributed by atoms with Gasteiger partial charge in [-0.05, 0) is 31.6 Å². The number of rotatable bonds is 3. The third kappa shape index (κ3) is 3.05. The number of hydrogen-bond acceptors (Lipinski definition) is 4. The van der Waals surface area contributed by atoms with Gasteiger partial charge in [0.25, 0.3) is 0 Å². The first-order chi connectivity index (χ1) is 9.22. The minimum atomic E-state index is 0.410. The Morgan fingerprint density at radius 2 is 2.32 bits per heavy atom. The molecule has 3 rings (SSSR count). The summed E-state index contributed by atoms with van der Waals surface area (Å²) in [5.41, 5.74) is 6.03. The summed E-state index contributed by atoms with van der Waals surface area (Å²) in [7, 11) is 0. The minimum Gasteiger partial charge on any atom is -0.370 e. The predicted octanol–water partition coefficient (Wildman–Crippen LogP) is 1.49. The van der Waals surface area contributed by atoms with Crippen molar-refractivity contribution in [2.45, 2.75) is 45.1 Å². The lowest BCUT2D eigenvalue weighted by atomic mass is 10.0. The number of guanidine groups is 1. The molecule has 0 spiro atoms. The summed E-state index contributed by atoms with van der Waals surface area (Å²) >= 11 is 0. The summed E-state index contributed by atoms with van der Waals surface area (Å²) in [6.07, 6.45) is 4.79. The van der Waals surface area contributed by atoms with Gasteiger partial charge in [0, 0.05) is 19.0 Å². The predicted molar refractivity (Wildman–Crippen MR) is 71.6 cm³/mol. The molecule has 19 heavy (non-hydrogen) atoms. The first-order valence-electron chi connectivity index (χ1n) is 7.09. The fourth-order valence-corrected chi connectivity index (χ4v) is 2.48. The summed E-state index contributed by atoms with van der Waals surface area (Å²) in [5, 5.41) is 3.94. The molecule has 2 heterocycles. The zero-order valence-electron chi connectivity index (χ0n) is 11.4. The number of piperidine rings is 1. The molecule has 0 bridgehead atoms. The second-order valence-corrected chi connectivity index (χ2v) is 5.69. The number of likely N-dealkylation sites (tertiary alicyclic amines) is 1. The highest BCUT2D eigenvalue weighted by Crippen LogP contribution is 2.38. The van der Waals surface area contributed by atoms with Gasteiger partial charge in [-0.1, -0.05) is 12.1 Å². The maximum Gasteiger partial charge on any atom is 0.229 e. The molecule has 0 aromatic carbocycles. The van der Waals surface area contributed by atoms with E-state index in [-0.39, 0.29) is 0 Å². The van der Waals surface area contributed by atoms with E-state index in [0.29, 0.717) is 30.2 Å². The Hall–Kier alpha value is -1.59. The second kappa shape index (κ2) is 5.19. The van der Waals surface area contributed by atoms with Crippen LogP contribution in [-0.2, 0) is 6.54 Å². The monoisotopic (exact) mass is 263 g/mol. The van der Waals surface area contributed by atoms with Crippen LogP contribution in [0, 0.1) is 5.92 Å². The number of aromatic nitrogens is 2. The van der Waals surface area contributed by atoms with Crippen molar-refractivity contribution in [2.75, 3.05) is 13.1 Å². The van der Waals surface area contributed by atoms with Gasteiger partial charge in [-0.25, -0.2) is 4.99 Å². The molecule has 1 aliphatic carbocycles. The highest BCUT2D eigenvalue weighted by atomic mass is 16.5. The van der Waals surface area contributed by atoms with Crippen molar-refractivity contribution in [3.63, 3.8) is 0 Å². The Bertz CT molecular complexity index is 465. The van der Waals surface area contributed by atoms with E-state index in [2.05, 4.69) is 27.0 Å². The van der Waals surface area contributed by atoms with E-state index in [1.165, 1.54) is 25.7 Å². The normalized spacial score (nSPS) is 24.8. The van der Waals surface area contributed by atoms with E-state index < -0.39 is 0 Å². The minimum absolute atomic E-state index is 0.410. The van der Waals surface area contributed by atoms with Crippen LogP contribution in [0.5, 0.6) is 0 Å². The molecule has 2 aliphatic rings. The average molecular weight is 263 g/mol. The molecule has 1 atom stereocenters. The molecule has 1 aliphatic heterocycles. The summed E-state index contributed by atoms with van der Waals surface area (Å²) in [5.74, 6) is 3.18. The highest BCUT2D eigenvalue weighted by Gasteiger charge is 2.29. The van der Waals surface area contributed by atoms with E-state index in [0.717, 1.165) is 19.0 Å². The lowest BCUT2D eigenvalue weighted by molar-refractivity contribution is 0.270. The Balaban J connectivity index is 1.57. The Morgan fingerprint density at radius 3 is 3.05 bits per heavy atom. The third-order valence-electron chi connectivity index (χ3n) is 3.77. The Labute approximate surface area is 113 Å². The molecule has 1 saturated heterocycles. The van der Waals surface area contributed by atoms with Crippen LogP contribution in [-0.4, -0.2) is 34.1 Å². The SMILES string of the molecule is CC1CCCN(C(N)=NCc2noc(C3CC3)n2)C1. The standard InChI is InChI=1S/C13H21N5O/c1-9-3-2-6-18(8-9)13(14)15-7-11-16-12(19-17-11)10-4-5-10/h9-10H,2-8H2,1H3,(H2,14,15). The van der Waals surface area contributed by atoms with Crippen molar-refractivity contribution in [3.05, 3.63) is 11.7 Å². The van der Waals surface area contributed by atoms with Crippen LogP contribution < -0.4 is 5.73 Å². The fraction of sp³-hybridized carbons (Fsp3) is 0.769. The maximum atomic E-state index is 6.03. The molecule has 6 nitrogen and oxygen atoms in total. The third-order valence-corrected chi connectivity index (χ3v) is 3.77.